The monoisotopic (exact) mass is 423 g/mol. The van der Waals surface area contributed by atoms with Gasteiger partial charge in [0.1, 0.15) is 11.5 Å². The molecular formula is C26H33NO4. The predicted octanol–water partition coefficient (Wildman–Crippen LogP) is 4.88. The molecule has 0 N–H and O–H groups in total. The van der Waals surface area contributed by atoms with Crippen molar-refractivity contribution in [3.63, 3.8) is 0 Å². The zero-order valence-corrected chi connectivity index (χ0v) is 19.2. The molecule has 0 spiro atoms. The van der Waals surface area contributed by atoms with Crippen molar-refractivity contribution >= 4 is 11.7 Å². The van der Waals surface area contributed by atoms with Crippen LogP contribution in [0.1, 0.15) is 56.5 Å². The molecule has 2 aromatic rings. The number of carbonyl (C=O) groups excluding carboxylic acids is 2. The summed E-state index contributed by atoms with van der Waals surface area (Å²) in [7, 11) is 1.61. The van der Waals surface area contributed by atoms with Gasteiger partial charge in [-0.2, -0.15) is 0 Å². The fourth-order valence-electron chi connectivity index (χ4n) is 3.90. The van der Waals surface area contributed by atoms with Crippen molar-refractivity contribution in [3.05, 3.63) is 59.7 Å². The first-order valence-corrected chi connectivity index (χ1v) is 10.9. The van der Waals surface area contributed by atoms with E-state index >= 15 is 0 Å². The molecule has 0 bridgehead atoms. The van der Waals surface area contributed by atoms with Crippen molar-refractivity contribution in [2.45, 2.75) is 52.1 Å². The Labute approximate surface area is 185 Å². The van der Waals surface area contributed by atoms with Gasteiger partial charge in [0.25, 0.3) is 5.91 Å². The molecule has 1 aliphatic rings. The van der Waals surface area contributed by atoms with E-state index in [4.69, 9.17) is 9.47 Å². The van der Waals surface area contributed by atoms with Crippen molar-refractivity contribution < 1.29 is 19.1 Å². The molecule has 166 valence electrons. The molecule has 0 aliphatic carbocycles. The summed E-state index contributed by atoms with van der Waals surface area (Å²) in [6.45, 7) is 9.39. The second-order valence-corrected chi connectivity index (χ2v) is 9.23. The Hall–Kier alpha value is -2.82. The van der Waals surface area contributed by atoms with Crippen LogP contribution in [0.4, 0.5) is 0 Å². The Kier molecular flexibility index (Phi) is 7.04. The summed E-state index contributed by atoms with van der Waals surface area (Å²) in [6.07, 6.45) is 0.773. The van der Waals surface area contributed by atoms with Crippen molar-refractivity contribution in [2.75, 3.05) is 20.2 Å². The fourth-order valence-corrected chi connectivity index (χ4v) is 3.90. The molecule has 1 fully saturated rings. The number of benzene rings is 2. The van der Waals surface area contributed by atoms with Crippen LogP contribution >= 0.6 is 0 Å². The van der Waals surface area contributed by atoms with Gasteiger partial charge in [-0.25, -0.2) is 0 Å². The van der Waals surface area contributed by atoms with E-state index < -0.39 is 6.10 Å². The molecule has 0 saturated carbocycles. The number of hydrogen-bond donors (Lipinski definition) is 0. The van der Waals surface area contributed by atoms with Crippen molar-refractivity contribution in [2.24, 2.45) is 5.92 Å². The highest BCUT2D eigenvalue weighted by molar-refractivity contribution is 5.98. The Balaban J connectivity index is 1.55. The van der Waals surface area contributed by atoms with Crippen LogP contribution < -0.4 is 9.47 Å². The Morgan fingerprint density at radius 1 is 1.00 bits per heavy atom. The molecule has 1 atom stereocenters. The normalized spacial score (nSPS) is 16.0. The third kappa shape index (κ3) is 5.66. The van der Waals surface area contributed by atoms with Crippen molar-refractivity contribution in [1.82, 2.24) is 4.90 Å². The first-order chi connectivity index (χ1) is 14.7. The highest BCUT2D eigenvalue weighted by Crippen LogP contribution is 2.27. The van der Waals surface area contributed by atoms with Crippen LogP contribution in [0.3, 0.4) is 0 Å². The smallest absolute Gasteiger partial charge is 0.263 e. The van der Waals surface area contributed by atoms with Gasteiger partial charge in [0.15, 0.2) is 11.9 Å². The maximum Gasteiger partial charge on any atom is 0.263 e. The van der Waals surface area contributed by atoms with E-state index in [0.717, 1.165) is 5.75 Å². The molecule has 5 heteroatoms. The second kappa shape index (κ2) is 9.54. The fraction of sp³-hybridized carbons (Fsp3) is 0.462. The molecule has 2 aromatic carbocycles. The minimum absolute atomic E-state index is 0.0188. The minimum Gasteiger partial charge on any atom is -0.497 e. The van der Waals surface area contributed by atoms with Gasteiger partial charge in [0, 0.05) is 24.6 Å². The van der Waals surface area contributed by atoms with Gasteiger partial charge in [0.05, 0.1) is 7.11 Å². The number of carbonyl (C=O) groups is 2. The van der Waals surface area contributed by atoms with E-state index in [1.807, 2.05) is 23.1 Å². The number of piperidine rings is 1. The van der Waals surface area contributed by atoms with E-state index in [-0.39, 0.29) is 23.0 Å². The SMILES string of the molecule is COc1ccc(C(=O)C2CCN(C(=O)C(C)Oc3cccc(C(C)(C)C)c3)CC2)cc1. The molecule has 1 aliphatic heterocycles. The van der Waals surface area contributed by atoms with Gasteiger partial charge in [0.2, 0.25) is 0 Å². The van der Waals surface area contributed by atoms with Gasteiger partial charge in [-0.3, -0.25) is 9.59 Å². The quantitative estimate of drug-likeness (QED) is 0.621. The number of ether oxygens (including phenoxy) is 2. The molecular weight excluding hydrogens is 390 g/mol. The summed E-state index contributed by atoms with van der Waals surface area (Å²) in [5, 5.41) is 0. The third-order valence-corrected chi connectivity index (χ3v) is 5.91. The van der Waals surface area contributed by atoms with E-state index in [1.54, 1.807) is 38.3 Å². The summed E-state index contributed by atoms with van der Waals surface area (Å²) < 4.78 is 11.1. The second-order valence-electron chi connectivity index (χ2n) is 9.23. The highest BCUT2D eigenvalue weighted by atomic mass is 16.5. The molecule has 1 amide bonds. The van der Waals surface area contributed by atoms with Gasteiger partial charge < -0.3 is 14.4 Å². The average Bonchev–Trinajstić information content (AvgIpc) is 2.78. The summed E-state index contributed by atoms with van der Waals surface area (Å²) in [5.74, 6) is 1.49. The lowest BCUT2D eigenvalue weighted by Crippen LogP contribution is -2.45. The summed E-state index contributed by atoms with van der Waals surface area (Å²) in [5.41, 5.74) is 1.88. The van der Waals surface area contributed by atoms with Gasteiger partial charge in [-0.05, 0) is 67.1 Å². The molecule has 1 unspecified atom stereocenters. The number of Topliss-reactive ketones (excluding diaryl/α,β-unsaturated/α-hetero) is 1. The van der Waals surface area contributed by atoms with Crippen LogP contribution in [0.2, 0.25) is 0 Å². The molecule has 0 radical (unpaired) electrons. The molecule has 0 aromatic heterocycles. The number of ketones is 1. The maximum absolute atomic E-state index is 12.9. The van der Waals surface area contributed by atoms with Crippen LogP contribution in [0, 0.1) is 5.92 Å². The van der Waals surface area contributed by atoms with Crippen molar-refractivity contribution in [3.8, 4) is 11.5 Å². The lowest BCUT2D eigenvalue weighted by Gasteiger charge is -2.33. The lowest BCUT2D eigenvalue weighted by atomic mass is 9.87. The largest absolute Gasteiger partial charge is 0.497 e. The van der Waals surface area contributed by atoms with E-state index in [2.05, 4.69) is 26.8 Å². The zero-order chi connectivity index (χ0) is 22.6. The van der Waals surface area contributed by atoms with Crippen LogP contribution in [0.5, 0.6) is 11.5 Å². The molecule has 31 heavy (non-hydrogen) atoms. The number of methoxy groups -OCH3 is 1. The summed E-state index contributed by atoms with van der Waals surface area (Å²) >= 11 is 0. The van der Waals surface area contributed by atoms with E-state index in [1.165, 1.54) is 5.56 Å². The average molecular weight is 424 g/mol. The van der Waals surface area contributed by atoms with Gasteiger partial charge >= 0.3 is 0 Å². The lowest BCUT2D eigenvalue weighted by molar-refractivity contribution is -0.139. The Bertz CT molecular complexity index is 906. The minimum atomic E-state index is -0.566. The van der Waals surface area contributed by atoms with Gasteiger partial charge in [-0.15, -0.1) is 0 Å². The zero-order valence-electron chi connectivity index (χ0n) is 19.2. The number of nitrogens with zero attached hydrogens (tertiary/aromatic N) is 1. The van der Waals surface area contributed by atoms with E-state index in [0.29, 0.717) is 37.2 Å². The van der Waals surface area contributed by atoms with Crippen molar-refractivity contribution in [1.29, 1.82) is 0 Å². The number of hydrogen-bond acceptors (Lipinski definition) is 4. The van der Waals surface area contributed by atoms with Crippen LogP contribution in [-0.2, 0) is 10.2 Å². The standard InChI is InChI=1S/C26H33NO4/c1-18(31-23-8-6-7-21(17-23)26(2,3)4)25(29)27-15-13-20(14-16-27)24(28)19-9-11-22(30-5)12-10-19/h6-12,17-18,20H,13-16H2,1-5H3. The maximum atomic E-state index is 12.9. The van der Waals surface area contributed by atoms with E-state index in [9.17, 15) is 9.59 Å². The molecule has 1 heterocycles. The number of rotatable bonds is 6. The summed E-state index contributed by atoms with van der Waals surface area (Å²) in [6, 6.07) is 15.1. The first-order valence-electron chi connectivity index (χ1n) is 10.9. The Morgan fingerprint density at radius 3 is 2.23 bits per heavy atom. The first kappa shape index (κ1) is 22.9. The third-order valence-electron chi connectivity index (χ3n) is 5.91. The summed E-state index contributed by atoms with van der Waals surface area (Å²) in [4.78, 5) is 27.5. The molecule has 1 saturated heterocycles. The molecule has 3 rings (SSSR count). The highest BCUT2D eigenvalue weighted by Gasteiger charge is 2.30. The number of amides is 1. The Morgan fingerprint density at radius 2 is 1.65 bits per heavy atom. The predicted molar refractivity (Wildman–Crippen MR) is 122 cm³/mol. The molecule has 5 nitrogen and oxygen atoms in total. The van der Waals surface area contributed by atoms with Crippen LogP contribution in [0.25, 0.3) is 0 Å². The van der Waals surface area contributed by atoms with Gasteiger partial charge in [-0.1, -0.05) is 32.9 Å². The van der Waals surface area contributed by atoms with Crippen LogP contribution in [0.15, 0.2) is 48.5 Å². The topological polar surface area (TPSA) is 55.8 Å². The van der Waals surface area contributed by atoms with Crippen LogP contribution in [-0.4, -0.2) is 42.9 Å². The number of likely N-dealkylation sites (tertiary alicyclic amines) is 1.